The number of alkyl halides is 1. The highest BCUT2D eigenvalue weighted by atomic mass is 35.5. The number of phenols is 1. The monoisotopic (exact) mass is 550 g/mol. The van der Waals surface area contributed by atoms with Crippen LogP contribution in [0.1, 0.15) is 50.0 Å². The molecule has 3 atom stereocenters. The molecule has 1 aliphatic heterocycles. The van der Waals surface area contributed by atoms with Crippen molar-refractivity contribution in [3.8, 4) is 11.5 Å². The molecule has 0 aliphatic carbocycles. The van der Waals surface area contributed by atoms with E-state index in [2.05, 4.69) is 51.6 Å². The van der Waals surface area contributed by atoms with Gasteiger partial charge < -0.3 is 19.0 Å². The maximum atomic E-state index is 13.1. The Morgan fingerprint density at radius 1 is 1.11 bits per heavy atom. The Morgan fingerprint density at radius 3 is 2.16 bits per heavy atom. The summed E-state index contributed by atoms with van der Waals surface area (Å²) in [6.45, 7) is 12.1. The third-order valence-electron chi connectivity index (χ3n) is 6.94. The van der Waals surface area contributed by atoms with Gasteiger partial charge in [-0.25, -0.2) is 4.79 Å². The van der Waals surface area contributed by atoms with E-state index in [4.69, 9.17) is 25.5 Å². The lowest BCUT2D eigenvalue weighted by atomic mass is 10.1. The average molecular weight is 551 g/mol. The Hall–Kier alpha value is -3.06. The van der Waals surface area contributed by atoms with Crippen molar-refractivity contribution in [1.82, 2.24) is 0 Å². The summed E-state index contributed by atoms with van der Waals surface area (Å²) in [6.07, 6.45) is 1.89. The molecule has 1 aliphatic rings. The van der Waals surface area contributed by atoms with Crippen molar-refractivity contribution in [2.45, 2.75) is 63.3 Å². The molecule has 0 amide bonds. The standard InChI is InChI=1S/C31H35ClO5Si/c1-6-27-28(36-27)17-21(2)35-30(34)29-22(20-32)18-23(19-26(29)33)37-38(31(3,4)5,24-13-9-7-10-14-24)25-15-11-8-12-16-25/h6-16,18-19,21,27-28,33H,1,17,20H2,2-5H3/t21-,27-,28-/m1/s1. The molecular weight excluding hydrogens is 516 g/mol. The quantitative estimate of drug-likeness (QED) is 0.111. The summed E-state index contributed by atoms with van der Waals surface area (Å²) in [7, 11) is -2.93. The number of benzene rings is 3. The molecule has 5 nitrogen and oxygen atoms in total. The Balaban J connectivity index is 1.70. The lowest BCUT2D eigenvalue weighted by Crippen LogP contribution is -2.68. The average Bonchev–Trinajstić information content (AvgIpc) is 3.64. The zero-order valence-corrected chi connectivity index (χ0v) is 24.1. The van der Waals surface area contributed by atoms with Crippen molar-refractivity contribution in [3.05, 3.63) is 96.6 Å². The van der Waals surface area contributed by atoms with E-state index in [1.807, 2.05) is 36.4 Å². The summed E-state index contributed by atoms with van der Waals surface area (Å²) in [4.78, 5) is 13.1. The lowest BCUT2D eigenvalue weighted by Gasteiger charge is -2.43. The van der Waals surface area contributed by atoms with Crippen molar-refractivity contribution in [3.63, 3.8) is 0 Å². The van der Waals surface area contributed by atoms with Crippen molar-refractivity contribution < 1.29 is 23.8 Å². The predicted molar refractivity (Wildman–Crippen MR) is 154 cm³/mol. The van der Waals surface area contributed by atoms with Crippen LogP contribution in [0.25, 0.3) is 0 Å². The van der Waals surface area contributed by atoms with Gasteiger partial charge in [0.1, 0.15) is 29.3 Å². The van der Waals surface area contributed by atoms with E-state index in [-0.39, 0.29) is 34.4 Å². The Bertz CT molecular complexity index is 1230. The van der Waals surface area contributed by atoms with Crippen LogP contribution in [-0.4, -0.2) is 37.7 Å². The highest BCUT2D eigenvalue weighted by Crippen LogP contribution is 2.39. The molecule has 0 unspecified atom stereocenters. The highest BCUT2D eigenvalue weighted by molar-refractivity contribution is 7.00. The van der Waals surface area contributed by atoms with Gasteiger partial charge in [0.25, 0.3) is 0 Å². The molecule has 1 saturated heterocycles. The van der Waals surface area contributed by atoms with E-state index in [9.17, 15) is 9.90 Å². The fourth-order valence-corrected chi connectivity index (χ4v) is 9.67. The Kier molecular flexibility index (Phi) is 8.36. The maximum absolute atomic E-state index is 13.1. The van der Waals surface area contributed by atoms with Crippen LogP contribution in [0.5, 0.6) is 11.5 Å². The zero-order valence-electron chi connectivity index (χ0n) is 22.3. The van der Waals surface area contributed by atoms with Gasteiger partial charge in [0.2, 0.25) is 0 Å². The first-order valence-electron chi connectivity index (χ1n) is 12.8. The summed E-state index contributed by atoms with van der Waals surface area (Å²) in [6, 6.07) is 23.7. The molecule has 4 rings (SSSR count). The second-order valence-electron chi connectivity index (χ2n) is 10.7. The van der Waals surface area contributed by atoms with Crippen LogP contribution >= 0.6 is 11.6 Å². The molecule has 0 aromatic heterocycles. The number of halogens is 1. The molecule has 0 radical (unpaired) electrons. The molecule has 1 fully saturated rings. The zero-order chi connectivity index (χ0) is 27.5. The van der Waals surface area contributed by atoms with Crippen LogP contribution in [0.15, 0.2) is 85.5 Å². The number of esters is 1. The van der Waals surface area contributed by atoms with Crippen LogP contribution in [0.2, 0.25) is 5.04 Å². The number of hydrogen-bond donors (Lipinski definition) is 1. The van der Waals surface area contributed by atoms with Gasteiger partial charge >= 0.3 is 14.3 Å². The topological polar surface area (TPSA) is 68.3 Å². The van der Waals surface area contributed by atoms with Crippen LogP contribution in [0.4, 0.5) is 0 Å². The number of phenolic OH excluding ortho intramolecular Hbond substituents is 1. The fraction of sp³-hybridized carbons (Fsp3) is 0.323. The third-order valence-corrected chi connectivity index (χ3v) is 12.2. The molecule has 1 N–H and O–H groups in total. The maximum Gasteiger partial charge on any atom is 0.342 e. The van der Waals surface area contributed by atoms with Crippen LogP contribution in [0, 0.1) is 0 Å². The summed E-state index contributed by atoms with van der Waals surface area (Å²) in [5, 5.41) is 13.0. The van der Waals surface area contributed by atoms with Crippen LogP contribution in [0.3, 0.4) is 0 Å². The molecule has 7 heteroatoms. The van der Waals surface area contributed by atoms with E-state index >= 15 is 0 Å². The number of epoxide rings is 1. The normalized spacial score (nSPS) is 17.9. The van der Waals surface area contributed by atoms with Gasteiger partial charge in [-0.3, -0.25) is 0 Å². The summed E-state index contributed by atoms with van der Waals surface area (Å²) < 4.78 is 18.1. The number of aromatic hydroxyl groups is 1. The molecule has 3 aromatic rings. The first kappa shape index (κ1) is 28.0. The van der Waals surface area contributed by atoms with Crippen LogP contribution in [-0.2, 0) is 15.4 Å². The first-order chi connectivity index (χ1) is 18.1. The largest absolute Gasteiger partial charge is 0.534 e. The van der Waals surface area contributed by atoms with E-state index in [1.54, 1.807) is 19.1 Å². The molecule has 0 saturated carbocycles. The van der Waals surface area contributed by atoms with Crippen LogP contribution < -0.4 is 14.8 Å². The Labute approximate surface area is 231 Å². The molecule has 1 heterocycles. The Morgan fingerprint density at radius 2 is 1.68 bits per heavy atom. The SMILES string of the molecule is C=C[C@H]1O[C@@H]1C[C@@H](C)OC(=O)c1c(O)cc(O[Si](c2ccccc2)(c2ccccc2)C(C)(C)C)cc1CCl. The van der Waals surface area contributed by atoms with Crippen molar-refractivity contribution in [1.29, 1.82) is 0 Å². The van der Waals surface area contributed by atoms with Crippen molar-refractivity contribution in [2.24, 2.45) is 0 Å². The second-order valence-corrected chi connectivity index (χ2v) is 15.2. The van der Waals surface area contributed by atoms with E-state index < -0.39 is 20.4 Å². The molecule has 38 heavy (non-hydrogen) atoms. The highest BCUT2D eigenvalue weighted by Gasteiger charge is 2.52. The molecule has 0 bridgehead atoms. The van der Waals surface area contributed by atoms with E-state index in [0.717, 1.165) is 10.4 Å². The first-order valence-corrected chi connectivity index (χ1v) is 15.3. The number of hydrogen-bond acceptors (Lipinski definition) is 5. The fourth-order valence-electron chi connectivity index (χ4n) is 5.05. The molecule has 200 valence electrons. The van der Waals surface area contributed by atoms with Gasteiger partial charge in [-0.15, -0.1) is 18.2 Å². The van der Waals surface area contributed by atoms with Gasteiger partial charge in [-0.05, 0) is 34.0 Å². The predicted octanol–water partition coefficient (Wildman–Crippen LogP) is 5.96. The number of rotatable bonds is 10. The molecule has 0 spiro atoms. The number of ether oxygens (including phenoxy) is 2. The number of carbonyl (C=O) groups is 1. The van der Waals surface area contributed by atoms with E-state index in [1.165, 1.54) is 6.07 Å². The summed E-state index contributed by atoms with van der Waals surface area (Å²) in [5.74, 6) is -0.384. The van der Waals surface area contributed by atoms with Gasteiger partial charge in [-0.2, -0.15) is 0 Å². The lowest BCUT2D eigenvalue weighted by molar-refractivity contribution is 0.0306. The minimum Gasteiger partial charge on any atom is -0.534 e. The molecular formula is C31H35ClO5Si. The number of carbonyl (C=O) groups excluding carboxylic acids is 1. The minimum absolute atomic E-state index is 0.000804. The van der Waals surface area contributed by atoms with Gasteiger partial charge in [0, 0.05) is 18.4 Å². The van der Waals surface area contributed by atoms with E-state index in [0.29, 0.717) is 17.7 Å². The van der Waals surface area contributed by atoms with Crippen molar-refractivity contribution >= 4 is 36.3 Å². The molecule has 3 aromatic carbocycles. The third kappa shape index (κ3) is 5.68. The van der Waals surface area contributed by atoms with Gasteiger partial charge in [-0.1, -0.05) is 87.5 Å². The smallest absolute Gasteiger partial charge is 0.342 e. The second kappa shape index (κ2) is 11.4. The summed E-state index contributed by atoms with van der Waals surface area (Å²) >= 11 is 6.29. The van der Waals surface area contributed by atoms with Crippen molar-refractivity contribution in [2.75, 3.05) is 0 Å². The van der Waals surface area contributed by atoms with Gasteiger partial charge in [0.15, 0.2) is 0 Å². The minimum atomic E-state index is -2.93. The van der Waals surface area contributed by atoms with Gasteiger partial charge in [0.05, 0.1) is 6.10 Å². The summed E-state index contributed by atoms with van der Waals surface area (Å²) in [5.41, 5.74) is 0.502.